The number of carbonyl (C=O) groups is 4. The normalized spacial score (nSPS) is 14.7. The van der Waals surface area contributed by atoms with Crippen LogP contribution in [0.15, 0.2) is 24.3 Å². The molecule has 19 heteroatoms. The summed E-state index contributed by atoms with van der Waals surface area (Å²) in [6, 6.07) is 0. The Kier molecular flexibility index (Phi) is 57.9. The van der Waals surface area contributed by atoms with Crippen molar-refractivity contribution in [2.24, 2.45) is 17.8 Å². The number of hydrogen-bond acceptors (Lipinski definition) is 15. The quantitative estimate of drug-likeness (QED) is 0.0169. The zero-order valence-corrected chi connectivity index (χ0v) is 58.5. The smallest absolute Gasteiger partial charge is 0.462 e. The van der Waals surface area contributed by atoms with Gasteiger partial charge in [0.25, 0.3) is 0 Å². The Labute approximate surface area is 535 Å². The van der Waals surface area contributed by atoms with Gasteiger partial charge in [-0.15, -0.1) is 0 Å². The summed E-state index contributed by atoms with van der Waals surface area (Å²) in [6.45, 7) is 11.6. The van der Waals surface area contributed by atoms with E-state index in [0.29, 0.717) is 31.6 Å². The molecule has 0 aromatic rings. The van der Waals surface area contributed by atoms with Gasteiger partial charge in [-0.2, -0.15) is 0 Å². The van der Waals surface area contributed by atoms with E-state index in [1.54, 1.807) is 0 Å². The van der Waals surface area contributed by atoms with Crippen molar-refractivity contribution in [3.63, 3.8) is 0 Å². The standard InChI is InChI=1S/C69H130O17P2/c1-8-10-11-12-13-14-15-16-17-18-21-24-27-36-43-50-66(71)79-56-64(85-68(73)52-45-38-28-25-22-19-20-23-26-33-40-47-60(3)4)58-83-87(75,76)81-54-63(70)55-82-88(77,78)84-59-65(57-80-67(72)51-44-37-31-29-34-41-48-61(5)6)86-69(74)53-46-39-32-30-35-42-49-62(7)9-2/h14-17,60-65,70H,8-13,18-59H2,1-7H3,(H,75,76)(H,77,78)/b15-14-,17-16-/t62?,63-,64-,65-/m1/s1. The maximum atomic E-state index is 13.0. The Morgan fingerprint density at radius 3 is 1.01 bits per heavy atom. The number of ether oxygens (including phenoxy) is 4. The summed E-state index contributed by atoms with van der Waals surface area (Å²) in [5.74, 6) is -0.00457. The van der Waals surface area contributed by atoms with Crippen molar-refractivity contribution in [1.29, 1.82) is 0 Å². The predicted octanol–water partition coefficient (Wildman–Crippen LogP) is 19.0. The van der Waals surface area contributed by atoms with Gasteiger partial charge in [-0.3, -0.25) is 37.3 Å². The third-order valence-corrected chi connectivity index (χ3v) is 17.5. The molecule has 6 atom stereocenters. The van der Waals surface area contributed by atoms with E-state index < -0.39 is 97.5 Å². The van der Waals surface area contributed by atoms with E-state index in [1.807, 2.05) is 0 Å². The largest absolute Gasteiger partial charge is 0.472 e. The van der Waals surface area contributed by atoms with Crippen molar-refractivity contribution in [2.75, 3.05) is 39.6 Å². The third kappa shape index (κ3) is 61.1. The highest BCUT2D eigenvalue weighted by molar-refractivity contribution is 7.47. The second-order valence-electron chi connectivity index (χ2n) is 25.4. The molecule has 0 fully saturated rings. The van der Waals surface area contributed by atoms with Crippen LogP contribution in [0, 0.1) is 17.8 Å². The number of rotatable bonds is 65. The van der Waals surface area contributed by atoms with Gasteiger partial charge in [-0.25, -0.2) is 9.13 Å². The van der Waals surface area contributed by atoms with Crippen molar-refractivity contribution in [2.45, 2.75) is 336 Å². The lowest BCUT2D eigenvalue weighted by atomic mass is 10.00. The van der Waals surface area contributed by atoms with Crippen molar-refractivity contribution in [1.82, 2.24) is 0 Å². The number of phosphoric ester groups is 2. The molecule has 0 heterocycles. The van der Waals surface area contributed by atoms with Crippen LogP contribution in [-0.4, -0.2) is 96.7 Å². The molecule has 0 aromatic carbocycles. The Morgan fingerprint density at radius 1 is 0.375 bits per heavy atom. The monoisotopic (exact) mass is 1290 g/mol. The molecule has 518 valence electrons. The highest BCUT2D eigenvalue weighted by Crippen LogP contribution is 2.45. The van der Waals surface area contributed by atoms with Crippen molar-refractivity contribution >= 4 is 39.5 Å². The zero-order chi connectivity index (χ0) is 65.2. The first-order valence-corrected chi connectivity index (χ1v) is 38.2. The zero-order valence-electron chi connectivity index (χ0n) is 56.7. The molecule has 0 amide bonds. The van der Waals surface area contributed by atoms with Gasteiger partial charge in [-0.05, 0) is 69.1 Å². The Morgan fingerprint density at radius 2 is 0.670 bits per heavy atom. The van der Waals surface area contributed by atoms with Crippen LogP contribution in [0.3, 0.4) is 0 Å². The molecule has 3 unspecified atom stereocenters. The fourth-order valence-electron chi connectivity index (χ4n) is 9.79. The Balaban J connectivity index is 5.28. The molecule has 88 heavy (non-hydrogen) atoms. The number of carbonyl (C=O) groups excluding carboxylic acids is 4. The van der Waals surface area contributed by atoms with Crippen LogP contribution in [0.25, 0.3) is 0 Å². The van der Waals surface area contributed by atoms with Gasteiger partial charge >= 0.3 is 39.5 Å². The van der Waals surface area contributed by atoms with E-state index in [1.165, 1.54) is 103 Å². The minimum atomic E-state index is -4.96. The lowest BCUT2D eigenvalue weighted by molar-refractivity contribution is -0.161. The number of esters is 4. The second kappa shape index (κ2) is 59.5. The van der Waals surface area contributed by atoms with Gasteiger partial charge in [0.2, 0.25) is 0 Å². The average molecular weight is 1290 g/mol. The van der Waals surface area contributed by atoms with E-state index in [-0.39, 0.29) is 25.7 Å². The van der Waals surface area contributed by atoms with Crippen LogP contribution < -0.4 is 0 Å². The predicted molar refractivity (Wildman–Crippen MR) is 354 cm³/mol. The number of hydrogen-bond donors (Lipinski definition) is 3. The summed E-state index contributed by atoms with van der Waals surface area (Å²) in [7, 11) is -9.91. The Bertz CT molecular complexity index is 1830. The molecular weight excluding hydrogens is 1160 g/mol. The van der Waals surface area contributed by atoms with Crippen LogP contribution in [0.4, 0.5) is 0 Å². The average Bonchev–Trinajstić information content (AvgIpc) is 3.58. The minimum Gasteiger partial charge on any atom is -0.462 e. The molecule has 0 aromatic heterocycles. The first-order chi connectivity index (χ1) is 42.3. The van der Waals surface area contributed by atoms with Crippen molar-refractivity contribution in [3.05, 3.63) is 24.3 Å². The Hall–Kier alpha value is -2.46. The lowest BCUT2D eigenvalue weighted by Gasteiger charge is -2.21. The van der Waals surface area contributed by atoms with E-state index in [0.717, 1.165) is 127 Å². The summed E-state index contributed by atoms with van der Waals surface area (Å²) in [5, 5.41) is 10.6. The molecule has 3 N–H and O–H groups in total. The summed E-state index contributed by atoms with van der Waals surface area (Å²) in [4.78, 5) is 72.4. The fraction of sp³-hybridized carbons (Fsp3) is 0.884. The van der Waals surface area contributed by atoms with Crippen LogP contribution in [0.2, 0.25) is 0 Å². The van der Waals surface area contributed by atoms with Gasteiger partial charge in [0.15, 0.2) is 12.2 Å². The van der Waals surface area contributed by atoms with Crippen LogP contribution in [0.5, 0.6) is 0 Å². The number of allylic oxidation sites excluding steroid dienone is 4. The molecule has 0 spiro atoms. The molecule has 17 nitrogen and oxygen atoms in total. The van der Waals surface area contributed by atoms with Gasteiger partial charge in [0, 0.05) is 25.7 Å². The second-order valence-corrected chi connectivity index (χ2v) is 28.3. The van der Waals surface area contributed by atoms with Crippen molar-refractivity contribution in [3.8, 4) is 0 Å². The lowest BCUT2D eigenvalue weighted by Crippen LogP contribution is -2.30. The van der Waals surface area contributed by atoms with E-state index in [2.05, 4.69) is 72.8 Å². The molecule has 0 rings (SSSR count). The van der Waals surface area contributed by atoms with E-state index in [9.17, 15) is 43.2 Å². The summed E-state index contributed by atoms with van der Waals surface area (Å²) < 4.78 is 68.1. The maximum Gasteiger partial charge on any atom is 0.472 e. The first-order valence-electron chi connectivity index (χ1n) is 35.2. The summed E-state index contributed by atoms with van der Waals surface area (Å²) in [6.07, 6.45) is 45.5. The molecule has 0 saturated carbocycles. The van der Waals surface area contributed by atoms with Gasteiger partial charge in [-0.1, -0.05) is 265 Å². The molecule has 0 bridgehead atoms. The van der Waals surface area contributed by atoms with E-state index in [4.69, 9.17) is 37.0 Å². The van der Waals surface area contributed by atoms with Gasteiger partial charge in [0.05, 0.1) is 26.4 Å². The van der Waals surface area contributed by atoms with Crippen molar-refractivity contribution < 1.29 is 80.2 Å². The van der Waals surface area contributed by atoms with E-state index >= 15 is 0 Å². The van der Waals surface area contributed by atoms with Gasteiger partial charge < -0.3 is 33.8 Å². The molecular formula is C69H130O17P2. The maximum absolute atomic E-state index is 13.0. The highest BCUT2D eigenvalue weighted by Gasteiger charge is 2.30. The highest BCUT2D eigenvalue weighted by atomic mass is 31.2. The van der Waals surface area contributed by atoms with Crippen LogP contribution >= 0.6 is 15.6 Å². The molecule has 0 aliphatic heterocycles. The third-order valence-electron chi connectivity index (χ3n) is 15.6. The van der Waals surface area contributed by atoms with Gasteiger partial charge in [0.1, 0.15) is 19.3 Å². The van der Waals surface area contributed by atoms with Crippen LogP contribution in [-0.2, 0) is 65.4 Å². The molecule has 0 saturated heterocycles. The number of aliphatic hydroxyl groups excluding tert-OH is 1. The number of unbranched alkanes of at least 4 members (excludes halogenated alkanes) is 29. The summed E-state index contributed by atoms with van der Waals surface area (Å²) >= 11 is 0. The summed E-state index contributed by atoms with van der Waals surface area (Å²) in [5.41, 5.74) is 0. The topological polar surface area (TPSA) is 237 Å². The molecule has 0 aliphatic rings. The van der Waals surface area contributed by atoms with Crippen LogP contribution in [0.1, 0.15) is 318 Å². The molecule has 0 radical (unpaired) electrons. The molecule has 0 aliphatic carbocycles. The SMILES string of the molecule is CCCCCC/C=C\C=C/CCCCCCCC(=O)OC[C@H](COP(=O)(O)OC[C@@H](O)COP(=O)(O)OC[C@@H](COC(=O)CCCCCCCCC(C)C)OC(=O)CCCCCCCCC(C)CC)OC(=O)CCCCCCCCCCCCCC(C)C. The number of aliphatic hydroxyl groups is 1. The number of phosphoric acid groups is 2. The minimum absolute atomic E-state index is 0.0988. The first kappa shape index (κ1) is 85.5. The fourth-order valence-corrected chi connectivity index (χ4v) is 11.4.